The molecule has 4 rings (SSSR count). The van der Waals surface area contributed by atoms with Crippen molar-refractivity contribution in [3.05, 3.63) is 76.7 Å². The highest BCUT2D eigenvalue weighted by atomic mass is 35.5. The van der Waals surface area contributed by atoms with E-state index in [1.54, 1.807) is 42.4 Å². The lowest BCUT2D eigenvalue weighted by Gasteiger charge is -2.14. The summed E-state index contributed by atoms with van der Waals surface area (Å²) in [6, 6.07) is 12.9. The molecular weight excluding hydrogens is 448 g/mol. The summed E-state index contributed by atoms with van der Waals surface area (Å²) in [6.07, 6.45) is 5.08. The lowest BCUT2D eigenvalue weighted by molar-refractivity contribution is -0.113. The van der Waals surface area contributed by atoms with Crippen molar-refractivity contribution in [2.45, 2.75) is 13.5 Å². The second kappa shape index (κ2) is 9.42. The first-order chi connectivity index (χ1) is 15.5. The van der Waals surface area contributed by atoms with Crippen LogP contribution in [0.1, 0.15) is 18.1 Å². The van der Waals surface area contributed by atoms with E-state index in [2.05, 4.69) is 10.4 Å². The molecule has 1 aromatic heterocycles. The molecule has 1 saturated heterocycles. The molecule has 9 heteroatoms. The quantitative estimate of drug-likeness (QED) is 0.413. The Kier molecular flexibility index (Phi) is 6.43. The minimum atomic E-state index is -0.226. The molecule has 0 unspecified atom stereocenters. The minimum absolute atomic E-state index is 0.226. The van der Waals surface area contributed by atoms with Gasteiger partial charge in [-0.15, -0.1) is 0 Å². The first-order valence-electron chi connectivity index (χ1n) is 9.93. The third-order valence-electron chi connectivity index (χ3n) is 4.83. The van der Waals surface area contributed by atoms with Crippen LogP contribution >= 0.6 is 23.8 Å². The van der Waals surface area contributed by atoms with E-state index in [0.717, 1.165) is 22.6 Å². The standard InChI is InChI=1S/C23H21ClN4O3S/c1-3-31-19-7-5-18(6-8-19)28-22(29)20(26-23(28)32)11-15-4-9-21(30-2)16(10-15)13-27-14-17(24)12-25-27/h4-12,14H,3,13H2,1-2H3,(H,26,32)/b20-11+. The molecule has 7 nitrogen and oxygen atoms in total. The summed E-state index contributed by atoms with van der Waals surface area (Å²) in [7, 11) is 1.61. The van der Waals surface area contributed by atoms with Crippen LogP contribution in [-0.2, 0) is 11.3 Å². The molecule has 32 heavy (non-hydrogen) atoms. The van der Waals surface area contributed by atoms with Crippen LogP contribution in [0.2, 0.25) is 5.02 Å². The van der Waals surface area contributed by atoms with Gasteiger partial charge < -0.3 is 14.8 Å². The highest BCUT2D eigenvalue weighted by Gasteiger charge is 2.32. The van der Waals surface area contributed by atoms with Crippen LogP contribution in [0.25, 0.3) is 6.08 Å². The Morgan fingerprint density at radius 1 is 1.22 bits per heavy atom. The molecule has 2 aromatic carbocycles. The smallest absolute Gasteiger partial charge is 0.281 e. The predicted molar refractivity (Wildman–Crippen MR) is 128 cm³/mol. The number of ether oxygens (including phenoxy) is 2. The molecule has 0 atom stereocenters. The first-order valence-corrected chi connectivity index (χ1v) is 10.7. The van der Waals surface area contributed by atoms with Crippen molar-refractivity contribution in [1.82, 2.24) is 15.1 Å². The Hall–Kier alpha value is -3.36. The Bertz CT molecular complexity index is 1190. The zero-order valence-corrected chi connectivity index (χ0v) is 19.1. The monoisotopic (exact) mass is 468 g/mol. The summed E-state index contributed by atoms with van der Waals surface area (Å²) >= 11 is 11.4. The summed E-state index contributed by atoms with van der Waals surface area (Å²) in [5.41, 5.74) is 2.79. The van der Waals surface area contributed by atoms with Crippen molar-refractivity contribution in [3.8, 4) is 11.5 Å². The normalized spacial score (nSPS) is 14.7. The summed E-state index contributed by atoms with van der Waals surface area (Å²) in [5.74, 6) is 1.23. The molecular formula is C23H21ClN4O3S. The zero-order valence-electron chi connectivity index (χ0n) is 17.5. The molecule has 0 bridgehead atoms. The van der Waals surface area contributed by atoms with E-state index in [1.165, 1.54) is 4.90 Å². The number of carbonyl (C=O) groups is 1. The molecule has 0 saturated carbocycles. The number of aromatic nitrogens is 2. The summed E-state index contributed by atoms with van der Waals surface area (Å²) in [5, 5.41) is 8.12. The van der Waals surface area contributed by atoms with Crippen LogP contribution in [0.4, 0.5) is 5.69 Å². The second-order valence-corrected chi connectivity index (χ2v) is 7.81. The van der Waals surface area contributed by atoms with Gasteiger partial charge in [0.2, 0.25) is 0 Å². The molecule has 164 valence electrons. The fraction of sp³-hybridized carbons (Fsp3) is 0.174. The van der Waals surface area contributed by atoms with Crippen molar-refractivity contribution >= 4 is 46.6 Å². The average molecular weight is 469 g/mol. The van der Waals surface area contributed by atoms with Crippen LogP contribution in [0.5, 0.6) is 11.5 Å². The van der Waals surface area contributed by atoms with Gasteiger partial charge in [-0.3, -0.25) is 14.4 Å². The molecule has 0 radical (unpaired) electrons. The second-order valence-electron chi connectivity index (χ2n) is 6.98. The van der Waals surface area contributed by atoms with E-state index in [-0.39, 0.29) is 5.91 Å². The maximum atomic E-state index is 13.1. The zero-order chi connectivity index (χ0) is 22.7. The van der Waals surface area contributed by atoms with Gasteiger partial charge in [-0.25, -0.2) is 0 Å². The summed E-state index contributed by atoms with van der Waals surface area (Å²) < 4.78 is 12.7. The largest absolute Gasteiger partial charge is 0.496 e. The Morgan fingerprint density at radius 2 is 2.00 bits per heavy atom. The number of nitrogens with one attached hydrogen (secondary N) is 1. The summed E-state index contributed by atoms with van der Waals surface area (Å²) in [4.78, 5) is 14.5. The molecule has 1 N–H and O–H groups in total. The van der Waals surface area contributed by atoms with Crippen LogP contribution < -0.4 is 19.7 Å². The number of anilines is 1. The van der Waals surface area contributed by atoms with Gasteiger partial charge in [-0.1, -0.05) is 17.7 Å². The van der Waals surface area contributed by atoms with Gasteiger partial charge >= 0.3 is 0 Å². The fourth-order valence-electron chi connectivity index (χ4n) is 3.41. The van der Waals surface area contributed by atoms with Crippen molar-refractivity contribution in [1.29, 1.82) is 0 Å². The Labute approximate surface area is 196 Å². The topological polar surface area (TPSA) is 68.6 Å². The van der Waals surface area contributed by atoms with Gasteiger partial charge in [0.25, 0.3) is 5.91 Å². The van der Waals surface area contributed by atoms with E-state index < -0.39 is 0 Å². The van der Waals surface area contributed by atoms with Crippen LogP contribution in [-0.4, -0.2) is 34.5 Å². The van der Waals surface area contributed by atoms with Crippen molar-refractivity contribution in [3.63, 3.8) is 0 Å². The molecule has 1 amide bonds. The van der Waals surface area contributed by atoms with Gasteiger partial charge in [-0.2, -0.15) is 5.10 Å². The first kappa shape index (κ1) is 21.9. The molecule has 1 fully saturated rings. The maximum absolute atomic E-state index is 13.1. The van der Waals surface area contributed by atoms with Gasteiger partial charge in [-0.05, 0) is 67.2 Å². The van der Waals surface area contributed by atoms with Gasteiger partial charge in [0.15, 0.2) is 5.11 Å². The molecule has 2 heterocycles. The highest BCUT2D eigenvalue weighted by Crippen LogP contribution is 2.27. The van der Waals surface area contributed by atoms with E-state index in [1.807, 2.05) is 37.3 Å². The van der Waals surface area contributed by atoms with Crippen LogP contribution in [0.3, 0.4) is 0 Å². The van der Waals surface area contributed by atoms with E-state index in [4.69, 9.17) is 33.3 Å². The Morgan fingerprint density at radius 3 is 2.66 bits per heavy atom. The SMILES string of the molecule is CCOc1ccc(N2C(=O)/C(=C\c3ccc(OC)c(Cn4cc(Cl)cn4)c3)NC2=S)cc1. The number of rotatable bonds is 7. The highest BCUT2D eigenvalue weighted by molar-refractivity contribution is 7.80. The van der Waals surface area contributed by atoms with Gasteiger partial charge in [0.05, 0.1) is 37.2 Å². The van der Waals surface area contributed by atoms with E-state index in [0.29, 0.717) is 34.7 Å². The molecule has 3 aromatic rings. The van der Waals surface area contributed by atoms with E-state index in [9.17, 15) is 4.79 Å². The number of methoxy groups -OCH3 is 1. The Balaban J connectivity index is 1.58. The average Bonchev–Trinajstić information content (AvgIpc) is 3.31. The van der Waals surface area contributed by atoms with Crippen molar-refractivity contribution in [2.24, 2.45) is 0 Å². The molecule has 1 aliphatic rings. The fourth-order valence-corrected chi connectivity index (χ4v) is 3.86. The summed E-state index contributed by atoms with van der Waals surface area (Å²) in [6.45, 7) is 2.97. The maximum Gasteiger partial charge on any atom is 0.281 e. The third kappa shape index (κ3) is 4.61. The molecule has 0 aliphatic carbocycles. The lowest BCUT2D eigenvalue weighted by atomic mass is 10.1. The number of benzene rings is 2. The number of halogens is 1. The number of hydrogen-bond acceptors (Lipinski definition) is 5. The number of carbonyl (C=O) groups excluding carboxylic acids is 1. The molecule has 1 aliphatic heterocycles. The van der Waals surface area contributed by atoms with Gasteiger partial charge in [0, 0.05) is 11.8 Å². The van der Waals surface area contributed by atoms with Crippen LogP contribution in [0, 0.1) is 0 Å². The number of hydrogen-bond donors (Lipinski definition) is 1. The minimum Gasteiger partial charge on any atom is -0.496 e. The van der Waals surface area contributed by atoms with Crippen LogP contribution in [0.15, 0.2) is 60.6 Å². The third-order valence-corrected chi connectivity index (χ3v) is 5.31. The predicted octanol–water partition coefficient (Wildman–Crippen LogP) is 4.25. The number of amides is 1. The number of thiocarbonyl (C=S) groups is 1. The molecule has 0 spiro atoms. The van der Waals surface area contributed by atoms with Crippen molar-refractivity contribution in [2.75, 3.05) is 18.6 Å². The van der Waals surface area contributed by atoms with Crippen molar-refractivity contribution < 1.29 is 14.3 Å². The van der Waals surface area contributed by atoms with Gasteiger partial charge in [0.1, 0.15) is 17.2 Å². The number of nitrogens with zero attached hydrogens (tertiary/aromatic N) is 3. The lowest BCUT2D eigenvalue weighted by Crippen LogP contribution is -2.30. The van der Waals surface area contributed by atoms with E-state index >= 15 is 0 Å².